The van der Waals surface area contributed by atoms with Crippen molar-refractivity contribution in [2.24, 2.45) is 5.92 Å². The zero-order valence-electron chi connectivity index (χ0n) is 15.0. The fourth-order valence-corrected chi connectivity index (χ4v) is 3.80. The minimum atomic E-state index is -4.14. The van der Waals surface area contributed by atoms with E-state index in [4.69, 9.17) is 12.2 Å². The van der Waals surface area contributed by atoms with E-state index in [1.807, 2.05) is 42.7 Å². The zero-order valence-corrected chi connectivity index (χ0v) is 15.8. The minimum absolute atomic E-state index is 0.00393. The maximum absolute atomic E-state index is 13.0. The monoisotopic (exact) mass is 384 g/mol. The number of aromatic nitrogens is 3. The van der Waals surface area contributed by atoms with E-state index in [2.05, 4.69) is 5.10 Å². The lowest BCUT2D eigenvalue weighted by atomic mass is 9.98. The molecule has 1 aromatic carbocycles. The molecule has 4 nitrogen and oxygen atoms in total. The fraction of sp³-hybridized carbons (Fsp3) is 0.556. The molecule has 0 N–H and O–H groups in total. The lowest BCUT2D eigenvalue weighted by Crippen LogP contribution is -2.42. The fourth-order valence-electron chi connectivity index (χ4n) is 3.48. The molecule has 1 aliphatic heterocycles. The van der Waals surface area contributed by atoms with E-state index in [1.54, 1.807) is 9.58 Å². The van der Waals surface area contributed by atoms with Crippen LogP contribution >= 0.6 is 12.2 Å². The summed E-state index contributed by atoms with van der Waals surface area (Å²) in [5, 5.41) is 4.65. The molecule has 0 saturated carbocycles. The first kappa shape index (κ1) is 19.1. The first-order valence-electron chi connectivity index (χ1n) is 8.84. The molecular weight excluding hydrogens is 361 g/mol. The molecule has 2 heterocycles. The number of rotatable bonds is 4. The zero-order chi connectivity index (χ0) is 18.9. The summed E-state index contributed by atoms with van der Waals surface area (Å²) in [6.07, 6.45) is -3.41. The van der Waals surface area contributed by atoms with Crippen molar-refractivity contribution in [1.82, 2.24) is 19.2 Å². The van der Waals surface area contributed by atoms with Gasteiger partial charge in [0, 0.05) is 18.7 Å². The van der Waals surface area contributed by atoms with Crippen molar-refractivity contribution in [3.8, 4) is 11.4 Å². The van der Waals surface area contributed by atoms with Crippen LogP contribution in [-0.2, 0) is 13.2 Å². The first-order chi connectivity index (χ1) is 12.3. The SMILES string of the molecule is CCn1c(-c2ccccc2C)nn(CN2CCCC(C(F)(F)F)C2)c1=S. The van der Waals surface area contributed by atoms with Crippen LogP contribution in [0.25, 0.3) is 11.4 Å². The second-order valence-electron chi connectivity index (χ2n) is 6.76. The summed E-state index contributed by atoms with van der Waals surface area (Å²) in [5.74, 6) is -0.505. The molecule has 1 aromatic heterocycles. The van der Waals surface area contributed by atoms with Gasteiger partial charge in [0.05, 0.1) is 12.6 Å². The van der Waals surface area contributed by atoms with Gasteiger partial charge >= 0.3 is 6.18 Å². The standard InChI is InChI=1S/C18H23F3N4S/c1-3-24-16(15-9-5-4-7-13(15)2)22-25(17(24)26)12-23-10-6-8-14(11-23)18(19,20)21/h4-5,7,9,14H,3,6,8,10-12H2,1-2H3. The number of hydrogen-bond donors (Lipinski definition) is 0. The molecule has 0 radical (unpaired) electrons. The highest BCUT2D eigenvalue weighted by Gasteiger charge is 2.41. The molecule has 1 saturated heterocycles. The van der Waals surface area contributed by atoms with Gasteiger partial charge in [-0.3, -0.25) is 4.90 Å². The summed E-state index contributed by atoms with van der Waals surface area (Å²) in [5.41, 5.74) is 2.08. The van der Waals surface area contributed by atoms with E-state index in [0.29, 0.717) is 24.3 Å². The average Bonchev–Trinajstić information content (AvgIpc) is 2.90. The molecule has 2 aromatic rings. The van der Waals surface area contributed by atoms with Gasteiger partial charge in [-0.25, -0.2) is 4.68 Å². The van der Waals surface area contributed by atoms with Crippen LogP contribution in [0.3, 0.4) is 0 Å². The van der Waals surface area contributed by atoms with Crippen molar-refractivity contribution in [2.45, 2.75) is 46.1 Å². The van der Waals surface area contributed by atoms with Gasteiger partial charge in [0.25, 0.3) is 0 Å². The molecule has 1 fully saturated rings. The number of halogens is 3. The Kier molecular flexibility index (Phi) is 5.53. The molecule has 26 heavy (non-hydrogen) atoms. The molecule has 0 aliphatic carbocycles. The molecule has 0 bridgehead atoms. The molecule has 1 unspecified atom stereocenters. The smallest absolute Gasteiger partial charge is 0.300 e. The van der Waals surface area contributed by atoms with E-state index in [1.165, 1.54) is 0 Å². The molecule has 142 valence electrons. The van der Waals surface area contributed by atoms with Crippen LogP contribution in [0.1, 0.15) is 25.3 Å². The van der Waals surface area contributed by atoms with Crippen LogP contribution in [0.15, 0.2) is 24.3 Å². The van der Waals surface area contributed by atoms with E-state index in [9.17, 15) is 13.2 Å². The number of alkyl halides is 3. The summed E-state index contributed by atoms with van der Waals surface area (Å²) in [6.45, 7) is 5.59. The molecule has 1 atom stereocenters. The Hall–Kier alpha value is -1.67. The van der Waals surface area contributed by atoms with Gasteiger partial charge in [0.15, 0.2) is 10.6 Å². The number of piperidine rings is 1. The Labute approximate surface area is 156 Å². The van der Waals surface area contributed by atoms with Crippen LogP contribution < -0.4 is 0 Å². The van der Waals surface area contributed by atoms with Gasteiger partial charge in [0.2, 0.25) is 0 Å². The Bertz CT molecular complexity index is 825. The van der Waals surface area contributed by atoms with E-state index < -0.39 is 12.1 Å². The van der Waals surface area contributed by atoms with E-state index in [-0.39, 0.29) is 19.6 Å². The average molecular weight is 384 g/mol. The predicted octanol–water partition coefficient (Wildman–Crippen LogP) is 4.64. The van der Waals surface area contributed by atoms with E-state index >= 15 is 0 Å². The highest BCUT2D eigenvalue weighted by molar-refractivity contribution is 7.71. The lowest BCUT2D eigenvalue weighted by Gasteiger charge is -2.33. The summed E-state index contributed by atoms with van der Waals surface area (Å²) in [7, 11) is 0. The van der Waals surface area contributed by atoms with Gasteiger partial charge in [-0.2, -0.15) is 18.3 Å². The highest BCUT2D eigenvalue weighted by Crippen LogP contribution is 2.33. The normalized spacial score (nSPS) is 19.0. The third-order valence-electron chi connectivity index (χ3n) is 4.93. The minimum Gasteiger partial charge on any atom is -0.300 e. The number of likely N-dealkylation sites (tertiary alicyclic amines) is 1. The Morgan fingerprint density at radius 3 is 2.65 bits per heavy atom. The maximum atomic E-state index is 13.0. The van der Waals surface area contributed by atoms with Crippen molar-refractivity contribution in [1.29, 1.82) is 0 Å². The van der Waals surface area contributed by atoms with Crippen LogP contribution in [-0.4, -0.2) is 38.5 Å². The molecule has 3 rings (SSSR count). The van der Waals surface area contributed by atoms with Gasteiger partial charge < -0.3 is 4.57 Å². The van der Waals surface area contributed by atoms with E-state index in [0.717, 1.165) is 17.0 Å². The largest absolute Gasteiger partial charge is 0.393 e. The molecule has 8 heteroatoms. The summed E-state index contributed by atoms with van der Waals surface area (Å²) in [6, 6.07) is 7.91. The molecule has 0 amide bonds. The number of hydrogen-bond acceptors (Lipinski definition) is 3. The van der Waals surface area contributed by atoms with Gasteiger partial charge in [0.1, 0.15) is 0 Å². The lowest BCUT2D eigenvalue weighted by molar-refractivity contribution is -0.188. The van der Waals surface area contributed by atoms with Gasteiger partial charge in [-0.15, -0.1) is 0 Å². The van der Waals surface area contributed by atoms with Crippen molar-refractivity contribution >= 4 is 12.2 Å². The van der Waals surface area contributed by atoms with Crippen molar-refractivity contribution in [3.05, 3.63) is 34.6 Å². The Balaban J connectivity index is 1.88. The third kappa shape index (κ3) is 3.86. The summed E-state index contributed by atoms with van der Waals surface area (Å²) < 4.78 is 43.3. The van der Waals surface area contributed by atoms with Crippen LogP contribution in [0.2, 0.25) is 0 Å². The predicted molar refractivity (Wildman–Crippen MR) is 97.3 cm³/mol. The number of benzene rings is 1. The molecular formula is C18H23F3N4S. The molecule has 0 spiro atoms. The van der Waals surface area contributed by atoms with Crippen LogP contribution in [0, 0.1) is 17.6 Å². The summed E-state index contributed by atoms with van der Waals surface area (Å²) >= 11 is 5.54. The highest BCUT2D eigenvalue weighted by atomic mass is 32.1. The number of nitrogens with zero attached hydrogens (tertiary/aromatic N) is 4. The summed E-state index contributed by atoms with van der Waals surface area (Å²) in [4.78, 5) is 1.80. The van der Waals surface area contributed by atoms with Gasteiger partial charge in [-0.05, 0) is 51.0 Å². The van der Waals surface area contributed by atoms with Crippen molar-refractivity contribution < 1.29 is 13.2 Å². The Morgan fingerprint density at radius 1 is 1.27 bits per heavy atom. The Morgan fingerprint density at radius 2 is 2.00 bits per heavy atom. The molecule has 1 aliphatic rings. The second kappa shape index (κ2) is 7.52. The topological polar surface area (TPSA) is 26.0 Å². The van der Waals surface area contributed by atoms with Crippen LogP contribution in [0.4, 0.5) is 13.2 Å². The first-order valence-corrected chi connectivity index (χ1v) is 9.24. The third-order valence-corrected chi connectivity index (χ3v) is 5.36. The van der Waals surface area contributed by atoms with Gasteiger partial charge in [-0.1, -0.05) is 24.3 Å². The maximum Gasteiger partial charge on any atom is 0.393 e. The van der Waals surface area contributed by atoms with Crippen molar-refractivity contribution in [2.75, 3.05) is 13.1 Å². The van der Waals surface area contributed by atoms with Crippen LogP contribution in [0.5, 0.6) is 0 Å². The quantitative estimate of drug-likeness (QED) is 0.718. The van der Waals surface area contributed by atoms with Crippen molar-refractivity contribution in [3.63, 3.8) is 0 Å². The number of aryl methyl sites for hydroxylation is 1. The second-order valence-corrected chi connectivity index (χ2v) is 7.13.